The number of amides is 1. The molecule has 0 fully saturated rings. The number of carbonyl (C=O) groups excluding carboxylic acids is 1. The SMILES string of the molecule is COCCn1c(NC(=O)c2ccc(F)cc2)c(C#N)c2nc3ccccc3nc21. The highest BCUT2D eigenvalue weighted by molar-refractivity contribution is 6.06. The van der Waals surface area contributed by atoms with Crippen molar-refractivity contribution < 1.29 is 13.9 Å². The molecule has 1 N–H and O–H groups in total. The molecule has 2 aromatic heterocycles. The third-order valence-electron chi connectivity index (χ3n) is 4.52. The van der Waals surface area contributed by atoms with E-state index in [-0.39, 0.29) is 16.9 Å². The number of aromatic nitrogens is 3. The van der Waals surface area contributed by atoms with Crippen molar-refractivity contribution in [2.24, 2.45) is 0 Å². The van der Waals surface area contributed by atoms with E-state index in [2.05, 4.69) is 21.4 Å². The quantitative estimate of drug-likeness (QED) is 0.564. The summed E-state index contributed by atoms with van der Waals surface area (Å²) in [5, 5.41) is 12.5. The summed E-state index contributed by atoms with van der Waals surface area (Å²) in [6.45, 7) is 0.712. The lowest BCUT2D eigenvalue weighted by molar-refractivity contribution is 0.102. The summed E-state index contributed by atoms with van der Waals surface area (Å²) in [6.07, 6.45) is 0. The molecule has 144 valence electrons. The van der Waals surface area contributed by atoms with Crippen molar-refractivity contribution in [3.8, 4) is 6.07 Å². The zero-order valence-electron chi connectivity index (χ0n) is 15.5. The summed E-state index contributed by atoms with van der Waals surface area (Å²) in [5.41, 5.74) is 2.69. The van der Waals surface area contributed by atoms with Gasteiger partial charge in [-0.05, 0) is 36.4 Å². The molecule has 2 heterocycles. The van der Waals surface area contributed by atoms with Gasteiger partial charge in [-0.25, -0.2) is 14.4 Å². The Hall–Kier alpha value is -3.83. The Morgan fingerprint density at radius 3 is 2.52 bits per heavy atom. The van der Waals surface area contributed by atoms with Gasteiger partial charge in [0.25, 0.3) is 5.91 Å². The number of hydrogen-bond donors (Lipinski definition) is 1. The van der Waals surface area contributed by atoms with E-state index in [4.69, 9.17) is 4.74 Å². The van der Waals surface area contributed by atoms with E-state index in [1.54, 1.807) is 11.7 Å². The molecule has 0 bridgehead atoms. The lowest BCUT2D eigenvalue weighted by Gasteiger charge is -2.11. The molecule has 0 radical (unpaired) electrons. The number of nitrogens with zero attached hydrogens (tertiary/aromatic N) is 4. The average molecular weight is 389 g/mol. The zero-order valence-corrected chi connectivity index (χ0v) is 15.5. The largest absolute Gasteiger partial charge is 0.383 e. The second-order valence-corrected chi connectivity index (χ2v) is 6.33. The van der Waals surface area contributed by atoms with Crippen LogP contribution in [-0.4, -0.2) is 34.2 Å². The van der Waals surface area contributed by atoms with E-state index in [0.29, 0.717) is 35.3 Å². The Balaban J connectivity index is 1.88. The zero-order chi connectivity index (χ0) is 20.4. The summed E-state index contributed by atoms with van der Waals surface area (Å²) >= 11 is 0. The number of methoxy groups -OCH3 is 1. The van der Waals surface area contributed by atoms with Crippen LogP contribution in [0.1, 0.15) is 15.9 Å². The highest BCUT2D eigenvalue weighted by Gasteiger charge is 2.22. The van der Waals surface area contributed by atoms with Gasteiger partial charge >= 0.3 is 0 Å². The van der Waals surface area contributed by atoms with E-state index < -0.39 is 11.7 Å². The Bertz CT molecular complexity index is 1260. The molecule has 0 aliphatic rings. The van der Waals surface area contributed by atoms with Crippen molar-refractivity contribution in [2.45, 2.75) is 6.54 Å². The van der Waals surface area contributed by atoms with Gasteiger partial charge in [-0.1, -0.05) is 12.1 Å². The van der Waals surface area contributed by atoms with Crippen LogP contribution >= 0.6 is 0 Å². The van der Waals surface area contributed by atoms with Gasteiger partial charge in [0.15, 0.2) is 5.65 Å². The molecule has 0 saturated heterocycles. The topological polar surface area (TPSA) is 92.8 Å². The normalized spacial score (nSPS) is 10.9. The number of benzene rings is 2. The van der Waals surface area contributed by atoms with Gasteiger partial charge in [0.2, 0.25) is 0 Å². The lowest BCUT2D eigenvalue weighted by atomic mass is 10.2. The van der Waals surface area contributed by atoms with Crippen molar-refractivity contribution in [3.63, 3.8) is 0 Å². The van der Waals surface area contributed by atoms with Crippen molar-refractivity contribution >= 4 is 33.9 Å². The highest BCUT2D eigenvalue weighted by atomic mass is 19.1. The number of fused-ring (bicyclic) bond motifs is 2. The predicted octanol–water partition coefficient (Wildman–Crippen LogP) is 3.49. The van der Waals surface area contributed by atoms with Gasteiger partial charge in [0, 0.05) is 19.2 Å². The Morgan fingerprint density at radius 2 is 1.86 bits per heavy atom. The maximum Gasteiger partial charge on any atom is 0.256 e. The van der Waals surface area contributed by atoms with Crippen LogP contribution in [0.2, 0.25) is 0 Å². The molecule has 0 saturated carbocycles. The number of ether oxygens (including phenoxy) is 1. The molecule has 7 nitrogen and oxygen atoms in total. The fourth-order valence-electron chi connectivity index (χ4n) is 3.12. The van der Waals surface area contributed by atoms with Crippen LogP contribution in [0.15, 0.2) is 48.5 Å². The number of rotatable bonds is 5. The standard InChI is InChI=1S/C21H16FN5O2/c1-29-11-10-27-19(26-21(28)13-6-8-14(22)9-7-13)15(12-23)18-20(27)25-17-5-3-2-4-16(17)24-18/h2-9H,10-11H2,1H3,(H,26,28). The van der Waals surface area contributed by atoms with E-state index in [1.807, 2.05) is 24.3 Å². The minimum atomic E-state index is -0.465. The number of nitriles is 1. The molecule has 0 spiro atoms. The van der Waals surface area contributed by atoms with Crippen molar-refractivity contribution in [2.75, 3.05) is 19.0 Å². The molecule has 8 heteroatoms. The van der Waals surface area contributed by atoms with Crippen LogP contribution in [-0.2, 0) is 11.3 Å². The first-order chi connectivity index (χ1) is 14.1. The van der Waals surface area contributed by atoms with Gasteiger partial charge < -0.3 is 14.6 Å². The summed E-state index contributed by atoms with van der Waals surface area (Å²) in [4.78, 5) is 21.9. The number of para-hydroxylation sites is 2. The third kappa shape index (κ3) is 3.39. The Kier molecular flexibility index (Phi) is 4.89. The molecule has 0 unspecified atom stereocenters. The molecule has 0 atom stereocenters. The van der Waals surface area contributed by atoms with Crippen LogP contribution < -0.4 is 5.32 Å². The van der Waals surface area contributed by atoms with Crippen LogP contribution in [0.5, 0.6) is 0 Å². The average Bonchev–Trinajstić information content (AvgIpc) is 3.02. The van der Waals surface area contributed by atoms with Crippen LogP contribution in [0.4, 0.5) is 10.2 Å². The smallest absolute Gasteiger partial charge is 0.256 e. The number of nitrogens with one attached hydrogen (secondary N) is 1. The first-order valence-corrected chi connectivity index (χ1v) is 8.87. The number of halogens is 1. The molecule has 4 rings (SSSR count). The van der Waals surface area contributed by atoms with E-state index in [0.717, 1.165) is 0 Å². The molecule has 29 heavy (non-hydrogen) atoms. The number of anilines is 1. The van der Waals surface area contributed by atoms with Crippen molar-refractivity contribution in [1.29, 1.82) is 5.26 Å². The van der Waals surface area contributed by atoms with E-state index in [1.165, 1.54) is 24.3 Å². The molecule has 0 aliphatic heterocycles. The molecule has 4 aromatic rings. The van der Waals surface area contributed by atoms with E-state index >= 15 is 0 Å². The summed E-state index contributed by atoms with van der Waals surface area (Å²) in [6, 6.07) is 14.6. The first-order valence-electron chi connectivity index (χ1n) is 8.87. The molecular formula is C21H16FN5O2. The number of carbonyl (C=O) groups is 1. The molecular weight excluding hydrogens is 373 g/mol. The minimum absolute atomic E-state index is 0.213. The monoisotopic (exact) mass is 389 g/mol. The second-order valence-electron chi connectivity index (χ2n) is 6.33. The predicted molar refractivity (Wildman–Crippen MR) is 106 cm³/mol. The molecule has 0 aliphatic carbocycles. The fraction of sp³-hybridized carbons (Fsp3) is 0.143. The third-order valence-corrected chi connectivity index (χ3v) is 4.52. The number of hydrogen-bond acceptors (Lipinski definition) is 5. The van der Waals surface area contributed by atoms with Crippen molar-refractivity contribution in [1.82, 2.24) is 14.5 Å². The van der Waals surface area contributed by atoms with Gasteiger partial charge in [0.1, 0.15) is 28.8 Å². The van der Waals surface area contributed by atoms with Gasteiger partial charge in [-0.2, -0.15) is 5.26 Å². The Labute approximate surface area is 165 Å². The van der Waals surface area contributed by atoms with Crippen LogP contribution in [0, 0.1) is 17.1 Å². The maximum atomic E-state index is 13.2. The van der Waals surface area contributed by atoms with E-state index in [9.17, 15) is 14.4 Å². The van der Waals surface area contributed by atoms with Crippen molar-refractivity contribution in [3.05, 3.63) is 65.5 Å². The summed E-state index contributed by atoms with van der Waals surface area (Å²) in [5.74, 6) is -0.620. The molecule has 2 aromatic carbocycles. The Morgan fingerprint density at radius 1 is 1.17 bits per heavy atom. The van der Waals surface area contributed by atoms with Gasteiger partial charge in [0.05, 0.1) is 17.6 Å². The first kappa shape index (κ1) is 18.5. The molecule has 1 amide bonds. The maximum absolute atomic E-state index is 13.2. The van der Waals surface area contributed by atoms with Crippen LogP contribution in [0.25, 0.3) is 22.2 Å². The van der Waals surface area contributed by atoms with Gasteiger partial charge in [-0.3, -0.25) is 4.79 Å². The van der Waals surface area contributed by atoms with Crippen LogP contribution in [0.3, 0.4) is 0 Å². The fourth-order valence-corrected chi connectivity index (χ4v) is 3.12. The summed E-state index contributed by atoms with van der Waals surface area (Å²) in [7, 11) is 1.56. The van der Waals surface area contributed by atoms with Gasteiger partial charge in [-0.15, -0.1) is 0 Å². The lowest BCUT2D eigenvalue weighted by Crippen LogP contribution is -2.17. The summed E-state index contributed by atoms with van der Waals surface area (Å²) < 4.78 is 20.0. The second kappa shape index (κ2) is 7.66. The minimum Gasteiger partial charge on any atom is -0.383 e. The highest BCUT2D eigenvalue weighted by Crippen LogP contribution is 2.29.